The quantitative estimate of drug-likeness (QED) is 0.197. The van der Waals surface area contributed by atoms with Crippen LogP contribution >= 0.6 is 0 Å². The first kappa shape index (κ1) is 15.0. The molecule has 9 rings (SSSR count). The molecule has 1 heteroatoms. The van der Waals surface area contributed by atoms with Crippen molar-refractivity contribution in [1.82, 2.24) is 0 Å². The first-order valence-corrected chi connectivity index (χ1v) is 13.8. The monoisotopic (exact) mass is 558 g/mol. The van der Waals surface area contributed by atoms with Crippen molar-refractivity contribution in [2.24, 2.45) is 0 Å². The van der Waals surface area contributed by atoms with Gasteiger partial charge in [-0.05, 0) is 55.1 Å². The second kappa shape index (κ2) is 9.44. The highest BCUT2D eigenvalue weighted by Crippen LogP contribution is 2.47. The average Bonchev–Trinajstić information content (AvgIpc) is 3.59. The highest BCUT2D eigenvalue weighted by atomic mass is 16.3. The summed E-state index contributed by atoms with van der Waals surface area (Å²) in [5.74, 6) is 0. The van der Waals surface area contributed by atoms with Crippen LogP contribution in [0.4, 0.5) is 0 Å². The summed E-state index contributed by atoms with van der Waals surface area (Å²) in [5.41, 5.74) is 3.27. The summed E-state index contributed by atoms with van der Waals surface area (Å²) >= 11 is 0. The van der Waals surface area contributed by atoms with Gasteiger partial charge in [0.05, 0.1) is 16.4 Å². The van der Waals surface area contributed by atoms with Gasteiger partial charge in [0.15, 0.2) is 0 Å². The van der Waals surface area contributed by atoms with Crippen molar-refractivity contribution in [3.05, 3.63) is 157 Å². The number of rotatable bonds is 3. The maximum Gasteiger partial charge on any atom is 0.143 e. The number of furan rings is 1. The zero-order chi connectivity index (χ0) is 38.8. The van der Waals surface area contributed by atoms with Gasteiger partial charge in [-0.2, -0.15) is 0 Å². The van der Waals surface area contributed by atoms with Gasteiger partial charge in [-0.25, -0.2) is 0 Å². The van der Waals surface area contributed by atoms with Crippen molar-refractivity contribution in [3.63, 3.8) is 0 Å². The van der Waals surface area contributed by atoms with E-state index >= 15 is 0 Å². The lowest BCUT2D eigenvalue weighted by Crippen LogP contribution is -1.91. The molecule has 0 fully saturated rings. The van der Waals surface area contributed by atoms with Gasteiger partial charge in [0.1, 0.15) is 11.2 Å². The van der Waals surface area contributed by atoms with Crippen LogP contribution in [0.3, 0.4) is 0 Å². The van der Waals surface area contributed by atoms with Gasteiger partial charge in [0, 0.05) is 27.5 Å². The first-order valence-electron chi connectivity index (χ1n) is 19.8. The molecule has 0 atom stereocenters. The third-order valence-electron chi connectivity index (χ3n) is 7.99. The standard InChI is InChI=1S/C42H26O/c1-2-13-28(14-3-1)31-20-10-21-36-37-22-11-23-38(42(37)43-41(31)36)40-34-18-8-6-16-32(34)39(33-17-7-9-19-35(33)40)30-25-24-27-12-4-5-15-29(27)26-30/h1-26H/i1D,2D,3D,4D,5D,12D,13D,14D,15D,24D,25D,26D. The third kappa shape index (κ3) is 3.65. The van der Waals surface area contributed by atoms with Gasteiger partial charge in [0.2, 0.25) is 0 Å². The van der Waals surface area contributed by atoms with E-state index in [1.54, 1.807) is 12.1 Å². The molecule has 0 saturated carbocycles. The van der Waals surface area contributed by atoms with Gasteiger partial charge < -0.3 is 4.42 Å². The molecular formula is C42H26O. The lowest BCUT2D eigenvalue weighted by atomic mass is 9.85. The van der Waals surface area contributed by atoms with E-state index in [1.165, 1.54) is 0 Å². The van der Waals surface area contributed by atoms with Gasteiger partial charge in [-0.1, -0.05) is 151 Å². The first-order chi connectivity index (χ1) is 26.3. The van der Waals surface area contributed by atoms with Crippen LogP contribution in [0.2, 0.25) is 0 Å². The Labute approximate surface area is 266 Å². The minimum absolute atomic E-state index is 0.0314. The number of hydrogen-bond donors (Lipinski definition) is 0. The van der Waals surface area contributed by atoms with Crippen molar-refractivity contribution < 1.29 is 20.9 Å². The molecule has 0 saturated heterocycles. The van der Waals surface area contributed by atoms with Crippen LogP contribution in [0.5, 0.6) is 0 Å². The molecule has 0 aliphatic carbocycles. The molecule has 0 aliphatic heterocycles. The van der Waals surface area contributed by atoms with Gasteiger partial charge >= 0.3 is 0 Å². The highest BCUT2D eigenvalue weighted by Gasteiger charge is 2.21. The van der Waals surface area contributed by atoms with Crippen LogP contribution in [0.25, 0.3) is 87.6 Å². The highest BCUT2D eigenvalue weighted by molar-refractivity contribution is 6.24. The molecule has 1 aromatic heterocycles. The molecule has 0 spiro atoms. The normalized spacial score (nSPS) is 15.6. The molecule has 0 bridgehead atoms. The van der Waals surface area contributed by atoms with Crippen LogP contribution in [0, 0.1) is 0 Å². The van der Waals surface area contributed by atoms with E-state index < -0.39 is 48.3 Å². The molecule has 0 N–H and O–H groups in total. The third-order valence-corrected chi connectivity index (χ3v) is 7.99. The Balaban J connectivity index is 1.40. The molecule has 0 radical (unpaired) electrons. The molecule has 200 valence electrons. The fourth-order valence-electron chi connectivity index (χ4n) is 6.19. The molecule has 1 nitrogen and oxygen atoms in total. The van der Waals surface area contributed by atoms with Crippen molar-refractivity contribution in [2.45, 2.75) is 0 Å². The molecule has 43 heavy (non-hydrogen) atoms. The Morgan fingerprint density at radius 2 is 0.930 bits per heavy atom. The Morgan fingerprint density at radius 3 is 1.60 bits per heavy atom. The fourth-order valence-corrected chi connectivity index (χ4v) is 6.19. The predicted molar refractivity (Wildman–Crippen MR) is 183 cm³/mol. The zero-order valence-electron chi connectivity index (χ0n) is 34.5. The Kier molecular flexibility index (Phi) is 3.29. The van der Waals surface area contributed by atoms with Gasteiger partial charge in [-0.3, -0.25) is 0 Å². The van der Waals surface area contributed by atoms with E-state index in [0.717, 1.165) is 21.7 Å². The number of para-hydroxylation sites is 2. The Hall–Kier alpha value is -5.66. The summed E-state index contributed by atoms with van der Waals surface area (Å²) in [6.45, 7) is 0. The summed E-state index contributed by atoms with van der Waals surface area (Å²) in [5, 5.41) is 3.88. The number of fused-ring (bicyclic) bond motifs is 6. The SMILES string of the molecule is [2H]c1c([2H])c([2H])c(-c2cccc3c2oc2c(-c4c5ccccc5c(-c5c([2H])c([2H])c6c([2H])c([2H])c([2H])c([2H])c6c5[2H])c5ccccc45)cccc23)c([2H])c1[2H]. The summed E-state index contributed by atoms with van der Waals surface area (Å²) in [6.07, 6.45) is 0. The van der Waals surface area contributed by atoms with Gasteiger partial charge in [-0.15, -0.1) is 0 Å². The van der Waals surface area contributed by atoms with Crippen molar-refractivity contribution in [2.75, 3.05) is 0 Å². The summed E-state index contributed by atoms with van der Waals surface area (Å²) in [7, 11) is 0. The molecule has 0 aliphatic rings. The van der Waals surface area contributed by atoms with E-state index in [0.29, 0.717) is 44.0 Å². The topological polar surface area (TPSA) is 13.1 Å². The van der Waals surface area contributed by atoms with Gasteiger partial charge in [0.25, 0.3) is 0 Å². The van der Waals surface area contributed by atoms with Crippen LogP contribution in [0.15, 0.2) is 162 Å². The molecular weight excluding hydrogens is 520 g/mol. The molecule has 0 unspecified atom stereocenters. The summed E-state index contributed by atoms with van der Waals surface area (Å²) in [6, 6.07) is 21.0. The van der Waals surface area contributed by atoms with Crippen molar-refractivity contribution in [3.8, 4) is 33.4 Å². The molecule has 9 aromatic rings. The lowest BCUT2D eigenvalue weighted by Gasteiger charge is -2.18. The maximum absolute atomic E-state index is 9.39. The molecule has 1 heterocycles. The van der Waals surface area contributed by atoms with Crippen molar-refractivity contribution in [1.29, 1.82) is 0 Å². The predicted octanol–water partition coefficient (Wildman–Crippen LogP) is 12.0. The van der Waals surface area contributed by atoms with Crippen LogP contribution in [-0.2, 0) is 0 Å². The van der Waals surface area contributed by atoms with E-state index in [9.17, 15) is 2.74 Å². The van der Waals surface area contributed by atoms with Crippen molar-refractivity contribution >= 4 is 54.3 Å². The average molecular weight is 559 g/mol. The van der Waals surface area contributed by atoms with E-state index in [-0.39, 0.29) is 46.1 Å². The van der Waals surface area contributed by atoms with E-state index in [4.69, 9.17) is 18.1 Å². The Bertz CT molecular complexity index is 3100. The van der Waals surface area contributed by atoms with Crippen LogP contribution < -0.4 is 0 Å². The second-order valence-corrected chi connectivity index (χ2v) is 10.3. The fraction of sp³-hybridized carbons (Fsp3) is 0. The minimum Gasteiger partial charge on any atom is -0.455 e. The Morgan fingerprint density at radius 1 is 0.395 bits per heavy atom. The number of benzene rings is 8. The summed E-state index contributed by atoms with van der Waals surface area (Å²) < 4.78 is 110. The lowest BCUT2D eigenvalue weighted by molar-refractivity contribution is 0.671. The zero-order valence-corrected chi connectivity index (χ0v) is 22.5. The number of hydrogen-bond acceptors (Lipinski definition) is 1. The largest absolute Gasteiger partial charge is 0.455 e. The molecule has 8 aromatic carbocycles. The van der Waals surface area contributed by atoms with E-state index in [2.05, 4.69) is 0 Å². The maximum atomic E-state index is 9.39. The second-order valence-electron chi connectivity index (χ2n) is 10.3. The summed E-state index contributed by atoms with van der Waals surface area (Å²) in [4.78, 5) is 0. The van der Waals surface area contributed by atoms with Crippen LogP contribution in [0.1, 0.15) is 16.4 Å². The van der Waals surface area contributed by atoms with Crippen LogP contribution in [-0.4, -0.2) is 0 Å². The molecule has 0 amide bonds. The van der Waals surface area contributed by atoms with E-state index in [1.807, 2.05) is 72.8 Å². The minimum atomic E-state index is -0.530. The smallest absolute Gasteiger partial charge is 0.143 e.